The highest BCUT2D eigenvalue weighted by atomic mass is 35.5. The molecule has 0 bridgehead atoms. The highest BCUT2D eigenvalue weighted by Gasteiger charge is 2.39. The van der Waals surface area contributed by atoms with Crippen LogP contribution in [0.25, 0.3) is 0 Å². The van der Waals surface area contributed by atoms with E-state index in [4.69, 9.17) is 5.73 Å². The van der Waals surface area contributed by atoms with E-state index in [0.29, 0.717) is 0 Å². The summed E-state index contributed by atoms with van der Waals surface area (Å²) in [6, 6.07) is 0. The van der Waals surface area contributed by atoms with Gasteiger partial charge in [0.25, 0.3) is 0 Å². The average Bonchev–Trinajstić information content (AvgIpc) is 2.08. The van der Waals surface area contributed by atoms with Gasteiger partial charge < -0.3 is 10.8 Å². The number of halogens is 1. The van der Waals surface area contributed by atoms with Gasteiger partial charge in [-0.25, -0.2) is 8.42 Å². The topological polar surface area (TPSA) is 80.4 Å². The lowest BCUT2D eigenvalue weighted by Crippen LogP contribution is -2.38. The quantitative estimate of drug-likeness (QED) is 0.566. The maximum absolute atomic E-state index is 10.8. The van der Waals surface area contributed by atoms with Gasteiger partial charge in [-0.15, -0.1) is 12.4 Å². The summed E-state index contributed by atoms with van der Waals surface area (Å²) in [6.45, 7) is 0.0340. The molecule has 1 fully saturated rings. The molecule has 0 amide bonds. The van der Waals surface area contributed by atoms with Gasteiger partial charge in [0.05, 0.1) is 17.1 Å². The van der Waals surface area contributed by atoms with Crippen LogP contribution in [-0.2, 0) is 9.84 Å². The summed E-state index contributed by atoms with van der Waals surface area (Å²) in [6.07, 6.45) is 0.284. The molecule has 1 aliphatic heterocycles. The number of aliphatic hydroxyl groups is 1. The molecule has 11 heavy (non-hydrogen) atoms. The van der Waals surface area contributed by atoms with Crippen LogP contribution in [0.2, 0.25) is 0 Å². The van der Waals surface area contributed by atoms with E-state index in [9.17, 15) is 13.5 Å². The van der Waals surface area contributed by atoms with Gasteiger partial charge in [-0.3, -0.25) is 0 Å². The number of hydrogen-bond acceptors (Lipinski definition) is 4. The molecule has 0 aromatic heterocycles. The van der Waals surface area contributed by atoms with Crippen molar-refractivity contribution in [2.75, 3.05) is 18.1 Å². The molecule has 0 spiro atoms. The van der Waals surface area contributed by atoms with E-state index in [0.717, 1.165) is 0 Å². The molecule has 0 aromatic rings. The van der Waals surface area contributed by atoms with Crippen LogP contribution >= 0.6 is 12.4 Å². The lowest BCUT2D eigenvalue weighted by molar-refractivity contribution is 0.0770. The summed E-state index contributed by atoms with van der Waals surface area (Å²) in [5, 5.41) is 9.33. The third kappa shape index (κ3) is 2.59. The van der Waals surface area contributed by atoms with E-state index in [1.165, 1.54) is 0 Å². The normalized spacial score (nSPS) is 34.7. The molecule has 3 N–H and O–H groups in total. The number of hydrogen-bond donors (Lipinski definition) is 2. The van der Waals surface area contributed by atoms with Crippen molar-refractivity contribution in [3.05, 3.63) is 0 Å². The Bertz CT molecular complexity index is 228. The predicted molar refractivity (Wildman–Crippen MR) is 44.5 cm³/mol. The molecule has 1 saturated heterocycles. The van der Waals surface area contributed by atoms with Gasteiger partial charge in [0.1, 0.15) is 0 Å². The van der Waals surface area contributed by atoms with Crippen LogP contribution in [0.4, 0.5) is 0 Å². The SMILES string of the molecule is Cl.NCC1(O)CCS(=O)(=O)C1. The van der Waals surface area contributed by atoms with Gasteiger partial charge in [0, 0.05) is 6.54 Å². The Morgan fingerprint density at radius 3 is 2.27 bits per heavy atom. The van der Waals surface area contributed by atoms with Gasteiger partial charge >= 0.3 is 0 Å². The average molecular weight is 202 g/mol. The van der Waals surface area contributed by atoms with E-state index in [2.05, 4.69) is 0 Å². The summed E-state index contributed by atoms with van der Waals surface area (Å²) in [7, 11) is -3.00. The Kier molecular flexibility index (Phi) is 3.31. The minimum atomic E-state index is -3.00. The first-order valence-electron chi connectivity index (χ1n) is 3.10. The molecule has 0 aliphatic carbocycles. The zero-order chi connectivity index (χ0) is 7.83. The molecule has 4 nitrogen and oxygen atoms in total. The lowest BCUT2D eigenvalue weighted by atomic mass is 10.1. The monoisotopic (exact) mass is 201 g/mol. The lowest BCUT2D eigenvalue weighted by Gasteiger charge is -2.16. The van der Waals surface area contributed by atoms with Crippen LogP contribution in [0.15, 0.2) is 0 Å². The number of rotatable bonds is 1. The molecule has 0 saturated carbocycles. The Balaban J connectivity index is 0.000001000. The van der Waals surface area contributed by atoms with E-state index in [1.54, 1.807) is 0 Å². The first-order chi connectivity index (χ1) is 4.47. The third-order valence-corrected chi connectivity index (χ3v) is 3.55. The van der Waals surface area contributed by atoms with Crippen LogP contribution < -0.4 is 5.73 Å². The van der Waals surface area contributed by atoms with Gasteiger partial charge in [0.15, 0.2) is 9.84 Å². The Morgan fingerprint density at radius 1 is 1.55 bits per heavy atom. The second kappa shape index (κ2) is 3.26. The fraction of sp³-hybridized carbons (Fsp3) is 1.00. The van der Waals surface area contributed by atoms with E-state index >= 15 is 0 Å². The predicted octanol–water partition coefficient (Wildman–Crippen LogP) is -1.08. The maximum atomic E-state index is 10.8. The minimum Gasteiger partial charge on any atom is -0.387 e. The Morgan fingerprint density at radius 2 is 2.09 bits per heavy atom. The Labute approximate surface area is 72.1 Å². The van der Waals surface area contributed by atoms with Crippen molar-refractivity contribution in [2.24, 2.45) is 5.73 Å². The van der Waals surface area contributed by atoms with Crippen LogP contribution in [0, 0.1) is 0 Å². The van der Waals surface area contributed by atoms with Crippen molar-refractivity contribution in [1.29, 1.82) is 0 Å². The molecule has 1 unspecified atom stereocenters. The van der Waals surface area contributed by atoms with Crippen molar-refractivity contribution in [1.82, 2.24) is 0 Å². The number of nitrogens with two attached hydrogens (primary N) is 1. The highest BCUT2D eigenvalue weighted by Crippen LogP contribution is 2.21. The smallest absolute Gasteiger partial charge is 0.153 e. The summed E-state index contributed by atoms with van der Waals surface area (Å²) in [5.74, 6) is -0.100. The zero-order valence-corrected chi connectivity index (χ0v) is 7.62. The highest BCUT2D eigenvalue weighted by molar-refractivity contribution is 7.91. The summed E-state index contributed by atoms with van der Waals surface area (Å²) in [5.41, 5.74) is 4.03. The summed E-state index contributed by atoms with van der Waals surface area (Å²) >= 11 is 0. The molecule has 0 radical (unpaired) electrons. The van der Waals surface area contributed by atoms with Crippen molar-refractivity contribution < 1.29 is 13.5 Å². The van der Waals surface area contributed by atoms with Crippen LogP contribution in [0.1, 0.15) is 6.42 Å². The second-order valence-corrected chi connectivity index (χ2v) is 4.95. The third-order valence-electron chi connectivity index (χ3n) is 1.75. The van der Waals surface area contributed by atoms with Crippen LogP contribution in [0.3, 0.4) is 0 Å². The fourth-order valence-corrected chi connectivity index (χ4v) is 2.98. The van der Waals surface area contributed by atoms with E-state index in [1.807, 2.05) is 0 Å². The standard InChI is InChI=1S/C5H11NO3S.ClH/c6-3-5(7)1-2-10(8,9)4-5;/h7H,1-4,6H2;1H. The molecule has 1 atom stereocenters. The van der Waals surface area contributed by atoms with Crippen LogP contribution in [-0.4, -0.2) is 37.2 Å². The molecule has 68 valence electrons. The number of sulfone groups is 1. The van der Waals surface area contributed by atoms with Gasteiger partial charge in [0.2, 0.25) is 0 Å². The first kappa shape index (κ1) is 11.2. The van der Waals surface area contributed by atoms with Crippen molar-refractivity contribution in [3.8, 4) is 0 Å². The summed E-state index contributed by atoms with van der Waals surface area (Å²) in [4.78, 5) is 0. The van der Waals surface area contributed by atoms with Crippen LogP contribution in [0.5, 0.6) is 0 Å². The molecule has 6 heteroatoms. The molecule has 0 aromatic carbocycles. The second-order valence-electron chi connectivity index (χ2n) is 2.77. The van der Waals surface area contributed by atoms with Crippen molar-refractivity contribution >= 4 is 22.2 Å². The Hall–Kier alpha value is 0.160. The van der Waals surface area contributed by atoms with E-state index in [-0.39, 0.29) is 36.9 Å². The summed E-state index contributed by atoms with van der Waals surface area (Å²) < 4.78 is 21.6. The van der Waals surface area contributed by atoms with Gasteiger partial charge in [-0.05, 0) is 6.42 Å². The van der Waals surface area contributed by atoms with E-state index < -0.39 is 15.4 Å². The van der Waals surface area contributed by atoms with Gasteiger partial charge in [-0.1, -0.05) is 0 Å². The fourth-order valence-electron chi connectivity index (χ4n) is 1.06. The maximum Gasteiger partial charge on any atom is 0.153 e. The zero-order valence-electron chi connectivity index (χ0n) is 5.99. The molecule has 1 rings (SSSR count). The molecule has 1 aliphatic rings. The van der Waals surface area contributed by atoms with Crippen molar-refractivity contribution in [2.45, 2.75) is 12.0 Å². The largest absolute Gasteiger partial charge is 0.387 e. The van der Waals surface area contributed by atoms with Gasteiger partial charge in [-0.2, -0.15) is 0 Å². The molecule has 1 heterocycles. The minimum absolute atomic E-state index is 0. The molecular formula is C5H12ClNO3S. The van der Waals surface area contributed by atoms with Crippen molar-refractivity contribution in [3.63, 3.8) is 0 Å². The first-order valence-corrected chi connectivity index (χ1v) is 4.92. The molecular weight excluding hydrogens is 190 g/mol.